The van der Waals surface area contributed by atoms with Crippen LogP contribution in [0.3, 0.4) is 0 Å². The molecule has 0 unspecified atom stereocenters. The summed E-state index contributed by atoms with van der Waals surface area (Å²) in [7, 11) is 1.62. The van der Waals surface area contributed by atoms with Crippen molar-refractivity contribution in [3.8, 4) is 5.75 Å². The number of benzene rings is 1. The van der Waals surface area contributed by atoms with Crippen molar-refractivity contribution in [1.82, 2.24) is 5.32 Å². The summed E-state index contributed by atoms with van der Waals surface area (Å²) in [4.78, 5) is 12.7. The molecule has 108 valence electrons. The Hall–Kier alpha value is -1.75. The predicted octanol–water partition coefficient (Wildman–Crippen LogP) is 3.41. The number of anilines is 1. The summed E-state index contributed by atoms with van der Waals surface area (Å²) in [5.74, 6) is 0.687. The largest absolute Gasteiger partial charge is 0.497 e. The monoisotopic (exact) mass is 292 g/mol. The van der Waals surface area contributed by atoms with Crippen LogP contribution >= 0.6 is 11.3 Å². The second-order valence-electron chi connectivity index (χ2n) is 4.67. The second-order valence-corrected chi connectivity index (χ2v) is 5.72. The number of nitrogens with two attached hydrogens (primary N) is 1. The van der Waals surface area contributed by atoms with E-state index in [0.717, 1.165) is 35.1 Å². The first kappa shape index (κ1) is 14.7. The highest BCUT2D eigenvalue weighted by Gasteiger charge is 2.16. The Labute approximate surface area is 122 Å². The number of fused-ring (bicyclic) bond motifs is 1. The zero-order valence-corrected chi connectivity index (χ0v) is 12.7. The molecule has 1 aromatic carbocycles. The van der Waals surface area contributed by atoms with Crippen molar-refractivity contribution in [1.29, 1.82) is 0 Å². The number of amides is 1. The van der Waals surface area contributed by atoms with Crippen molar-refractivity contribution < 1.29 is 9.53 Å². The fourth-order valence-corrected chi connectivity index (χ4v) is 3.12. The molecule has 4 nitrogen and oxygen atoms in total. The van der Waals surface area contributed by atoms with Gasteiger partial charge >= 0.3 is 0 Å². The summed E-state index contributed by atoms with van der Waals surface area (Å²) in [6.45, 7) is 2.84. The maximum absolute atomic E-state index is 12.1. The number of thiophene rings is 1. The lowest BCUT2D eigenvalue weighted by atomic mass is 10.2. The number of ether oxygens (including phenoxy) is 1. The van der Waals surface area contributed by atoms with Crippen molar-refractivity contribution in [2.75, 3.05) is 19.4 Å². The highest BCUT2D eigenvalue weighted by Crippen LogP contribution is 2.35. The molecule has 0 aliphatic rings. The summed E-state index contributed by atoms with van der Waals surface area (Å²) < 4.78 is 6.16. The molecule has 2 rings (SSSR count). The fourth-order valence-electron chi connectivity index (χ4n) is 2.05. The van der Waals surface area contributed by atoms with Gasteiger partial charge in [-0.05, 0) is 24.6 Å². The molecule has 0 saturated heterocycles. The SMILES string of the molecule is CCCCCNC(=O)c1sc2cc(OC)ccc2c1N. The van der Waals surface area contributed by atoms with Gasteiger partial charge in [-0.15, -0.1) is 11.3 Å². The summed E-state index contributed by atoms with van der Waals surface area (Å²) in [6.07, 6.45) is 3.26. The van der Waals surface area contributed by atoms with E-state index < -0.39 is 0 Å². The van der Waals surface area contributed by atoms with Gasteiger partial charge in [0.15, 0.2) is 0 Å². The van der Waals surface area contributed by atoms with E-state index >= 15 is 0 Å². The van der Waals surface area contributed by atoms with Gasteiger partial charge in [0, 0.05) is 16.6 Å². The number of carbonyl (C=O) groups excluding carboxylic acids is 1. The first-order valence-electron chi connectivity index (χ1n) is 6.81. The molecule has 0 fully saturated rings. The molecular weight excluding hydrogens is 272 g/mol. The number of hydrogen-bond donors (Lipinski definition) is 2. The predicted molar refractivity (Wildman–Crippen MR) is 84.6 cm³/mol. The van der Waals surface area contributed by atoms with E-state index in [2.05, 4.69) is 12.2 Å². The summed E-state index contributed by atoms with van der Waals surface area (Å²) in [5.41, 5.74) is 6.63. The number of carbonyl (C=O) groups is 1. The molecule has 1 aromatic heterocycles. The van der Waals surface area contributed by atoms with Crippen LogP contribution in [0.5, 0.6) is 5.75 Å². The van der Waals surface area contributed by atoms with Crippen LogP contribution in [-0.2, 0) is 0 Å². The normalized spacial score (nSPS) is 10.7. The zero-order valence-electron chi connectivity index (χ0n) is 11.9. The molecule has 1 amide bonds. The minimum atomic E-state index is -0.0845. The third-order valence-electron chi connectivity index (χ3n) is 3.21. The number of hydrogen-bond acceptors (Lipinski definition) is 4. The highest BCUT2D eigenvalue weighted by atomic mass is 32.1. The Kier molecular flexibility index (Phi) is 4.84. The van der Waals surface area contributed by atoms with Crippen LogP contribution in [0.4, 0.5) is 5.69 Å². The Balaban J connectivity index is 2.17. The molecule has 0 aliphatic heterocycles. The number of nitrogens with one attached hydrogen (secondary N) is 1. The number of unbranched alkanes of at least 4 members (excludes halogenated alkanes) is 2. The molecule has 1 heterocycles. The van der Waals surface area contributed by atoms with Crippen LogP contribution in [0.1, 0.15) is 35.9 Å². The second kappa shape index (κ2) is 6.61. The maximum atomic E-state index is 12.1. The molecule has 2 aromatic rings. The van der Waals surface area contributed by atoms with E-state index in [-0.39, 0.29) is 5.91 Å². The summed E-state index contributed by atoms with van der Waals surface area (Å²) >= 11 is 1.41. The lowest BCUT2D eigenvalue weighted by Crippen LogP contribution is -2.24. The zero-order chi connectivity index (χ0) is 14.5. The van der Waals surface area contributed by atoms with Crippen LogP contribution in [0.15, 0.2) is 18.2 Å². The van der Waals surface area contributed by atoms with E-state index in [4.69, 9.17) is 10.5 Å². The van der Waals surface area contributed by atoms with Crippen molar-refractivity contribution in [3.63, 3.8) is 0 Å². The molecule has 0 saturated carbocycles. The average Bonchev–Trinajstić information content (AvgIpc) is 2.80. The van der Waals surface area contributed by atoms with Gasteiger partial charge in [0.2, 0.25) is 0 Å². The average molecular weight is 292 g/mol. The molecular formula is C15H20N2O2S. The maximum Gasteiger partial charge on any atom is 0.263 e. The van der Waals surface area contributed by atoms with Crippen LogP contribution in [-0.4, -0.2) is 19.6 Å². The molecule has 3 N–H and O–H groups in total. The van der Waals surface area contributed by atoms with Crippen LogP contribution in [0.25, 0.3) is 10.1 Å². The number of methoxy groups -OCH3 is 1. The molecule has 0 atom stereocenters. The number of nitrogen functional groups attached to an aromatic ring is 1. The van der Waals surface area contributed by atoms with E-state index in [1.165, 1.54) is 11.3 Å². The smallest absolute Gasteiger partial charge is 0.263 e. The van der Waals surface area contributed by atoms with Gasteiger partial charge in [-0.2, -0.15) is 0 Å². The van der Waals surface area contributed by atoms with Gasteiger partial charge in [-0.3, -0.25) is 4.79 Å². The van der Waals surface area contributed by atoms with Gasteiger partial charge in [0.25, 0.3) is 5.91 Å². The van der Waals surface area contributed by atoms with Crippen molar-refractivity contribution >= 4 is 33.0 Å². The first-order valence-corrected chi connectivity index (χ1v) is 7.63. The lowest BCUT2D eigenvalue weighted by Gasteiger charge is -2.03. The van der Waals surface area contributed by atoms with Crippen LogP contribution in [0, 0.1) is 0 Å². The molecule has 0 bridgehead atoms. The van der Waals surface area contributed by atoms with Gasteiger partial charge < -0.3 is 15.8 Å². The van der Waals surface area contributed by atoms with Gasteiger partial charge in [-0.25, -0.2) is 0 Å². The molecule has 20 heavy (non-hydrogen) atoms. The van der Waals surface area contributed by atoms with E-state index in [1.54, 1.807) is 7.11 Å². The van der Waals surface area contributed by atoms with Gasteiger partial charge in [0.05, 0.1) is 12.8 Å². The van der Waals surface area contributed by atoms with E-state index in [1.807, 2.05) is 18.2 Å². The van der Waals surface area contributed by atoms with E-state index in [9.17, 15) is 4.79 Å². The van der Waals surface area contributed by atoms with Crippen LogP contribution in [0.2, 0.25) is 0 Å². The topological polar surface area (TPSA) is 64.3 Å². The first-order chi connectivity index (χ1) is 9.67. The third-order valence-corrected chi connectivity index (χ3v) is 4.37. The van der Waals surface area contributed by atoms with Crippen molar-refractivity contribution in [3.05, 3.63) is 23.1 Å². The summed E-state index contributed by atoms with van der Waals surface area (Å²) in [5, 5.41) is 3.84. The van der Waals surface area contributed by atoms with Crippen molar-refractivity contribution in [2.24, 2.45) is 0 Å². The summed E-state index contributed by atoms with van der Waals surface area (Å²) in [6, 6.07) is 5.66. The van der Waals surface area contributed by atoms with Gasteiger partial charge in [0.1, 0.15) is 10.6 Å². The van der Waals surface area contributed by atoms with Crippen LogP contribution < -0.4 is 15.8 Å². The van der Waals surface area contributed by atoms with E-state index in [0.29, 0.717) is 17.1 Å². The molecule has 0 spiro atoms. The Bertz CT molecular complexity index is 607. The highest BCUT2D eigenvalue weighted by molar-refractivity contribution is 7.21. The minimum absolute atomic E-state index is 0.0845. The lowest BCUT2D eigenvalue weighted by molar-refractivity contribution is 0.0958. The standard InChI is InChI=1S/C15H20N2O2S/c1-3-4-5-8-17-15(18)14-13(16)11-7-6-10(19-2)9-12(11)20-14/h6-7,9H,3-5,8,16H2,1-2H3,(H,17,18). The third kappa shape index (κ3) is 3.04. The molecule has 0 aliphatic carbocycles. The fraction of sp³-hybridized carbons (Fsp3) is 0.400. The Morgan fingerprint density at radius 2 is 2.20 bits per heavy atom. The quantitative estimate of drug-likeness (QED) is 0.802. The Morgan fingerprint density at radius 1 is 1.40 bits per heavy atom. The van der Waals surface area contributed by atoms with Gasteiger partial charge in [-0.1, -0.05) is 19.8 Å². The molecule has 5 heteroatoms. The molecule has 0 radical (unpaired) electrons. The Morgan fingerprint density at radius 3 is 2.90 bits per heavy atom. The minimum Gasteiger partial charge on any atom is -0.497 e. The van der Waals surface area contributed by atoms with Crippen molar-refractivity contribution in [2.45, 2.75) is 26.2 Å². The number of rotatable bonds is 6.